The van der Waals surface area contributed by atoms with Gasteiger partial charge in [-0.1, -0.05) is 12.1 Å². The van der Waals surface area contributed by atoms with Gasteiger partial charge < -0.3 is 9.47 Å². The highest BCUT2D eigenvalue weighted by Gasteiger charge is 2.17. The lowest BCUT2D eigenvalue weighted by Crippen LogP contribution is -2.09. The van der Waals surface area contributed by atoms with Crippen LogP contribution in [0.25, 0.3) is 0 Å². The molecule has 0 aliphatic rings. The van der Waals surface area contributed by atoms with Gasteiger partial charge in [0, 0.05) is 9.37 Å². The minimum absolute atomic E-state index is 0.150. The van der Waals surface area contributed by atoms with Gasteiger partial charge in [0.25, 0.3) is 0 Å². The van der Waals surface area contributed by atoms with Crippen LogP contribution in [0.15, 0.2) is 39.8 Å². The molecular formula is C14H13BrN2O3S. The summed E-state index contributed by atoms with van der Waals surface area (Å²) in [5, 5.41) is 0. The molecule has 0 amide bonds. The van der Waals surface area contributed by atoms with E-state index in [0.717, 1.165) is 9.37 Å². The molecule has 0 aliphatic carbocycles. The third kappa shape index (κ3) is 3.95. The lowest BCUT2D eigenvalue weighted by Gasteiger charge is -2.07. The summed E-state index contributed by atoms with van der Waals surface area (Å²) in [4.78, 5) is 21.4. The number of ketones is 1. The van der Waals surface area contributed by atoms with Gasteiger partial charge in [-0.05, 0) is 28.1 Å². The maximum absolute atomic E-state index is 12.2. The molecule has 5 nitrogen and oxygen atoms in total. The number of methoxy groups -OCH3 is 2. The van der Waals surface area contributed by atoms with Gasteiger partial charge in [0.1, 0.15) is 0 Å². The summed E-state index contributed by atoms with van der Waals surface area (Å²) in [6, 6.07) is 7.72. The molecule has 0 unspecified atom stereocenters. The molecule has 0 N–H and O–H groups in total. The second-order valence-electron chi connectivity index (χ2n) is 3.91. The quantitative estimate of drug-likeness (QED) is 0.576. The van der Waals surface area contributed by atoms with E-state index < -0.39 is 0 Å². The van der Waals surface area contributed by atoms with Gasteiger partial charge >= 0.3 is 0 Å². The molecule has 0 aliphatic heterocycles. The van der Waals surface area contributed by atoms with Gasteiger partial charge in [0.2, 0.25) is 11.8 Å². The molecule has 2 aromatic rings. The number of aromatic nitrogens is 2. The largest absolute Gasteiger partial charge is 0.480 e. The highest BCUT2D eigenvalue weighted by Crippen LogP contribution is 2.28. The van der Waals surface area contributed by atoms with Gasteiger partial charge in [-0.25, -0.2) is 4.98 Å². The SMILES string of the molecule is COc1cnc(C(=O)CSc2ccccc2Br)c(OC)n1. The zero-order valence-electron chi connectivity index (χ0n) is 11.5. The first kappa shape index (κ1) is 15.8. The van der Waals surface area contributed by atoms with Crippen molar-refractivity contribution in [2.24, 2.45) is 0 Å². The second-order valence-corrected chi connectivity index (χ2v) is 5.78. The minimum Gasteiger partial charge on any atom is -0.480 e. The van der Waals surface area contributed by atoms with E-state index in [1.165, 1.54) is 32.2 Å². The van der Waals surface area contributed by atoms with E-state index in [9.17, 15) is 4.79 Å². The van der Waals surface area contributed by atoms with E-state index in [1.54, 1.807) is 0 Å². The first-order valence-electron chi connectivity index (χ1n) is 6.01. The normalized spacial score (nSPS) is 10.2. The van der Waals surface area contributed by atoms with Crippen molar-refractivity contribution in [1.29, 1.82) is 0 Å². The van der Waals surface area contributed by atoms with E-state index in [2.05, 4.69) is 25.9 Å². The lowest BCUT2D eigenvalue weighted by molar-refractivity contribution is 0.101. The molecule has 0 fully saturated rings. The maximum Gasteiger partial charge on any atom is 0.246 e. The Labute approximate surface area is 135 Å². The van der Waals surface area contributed by atoms with Crippen molar-refractivity contribution in [2.75, 3.05) is 20.0 Å². The Bertz CT molecular complexity index is 652. The minimum atomic E-state index is -0.150. The zero-order chi connectivity index (χ0) is 15.2. The molecular weight excluding hydrogens is 356 g/mol. The summed E-state index contributed by atoms with van der Waals surface area (Å²) in [5.74, 6) is 0.580. The van der Waals surface area contributed by atoms with Gasteiger partial charge in [-0.15, -0.1) is 11.8 Å². The summed E-state index contributed by atoms with van der Waals surface area (Å²) in [6.07, 6.45) is 1.40. The number of hydrogen-bond acceptors (Lipinski definition) is 6. The molecule has 0 radical (unpaired) electrons. The number of rotatable bonds is 6. The highest BCUT2D eigenvalue weighted by atomic mass is 79.9. The number of thioether (sulfide) groups is 1. The fraction of sp³-hybridized carbons (Fsp3) is 0.214. The number of Topliss-reactive ketones (excluding diaryl/α,β-unsaturated/α-hetero) is 1. The van der Waals surface area contributed by atoms with E-state index >= 15 is 0 Å². The topological polar surface area (TPSA) is 61.3 Å². The average molecular weight is 369 g/mol. The number of hydrogen-bond donors (Lipinski definition) is 0. The van der Waals surface area contributed by atoms with E-state index in [-0.39, 0.29) is 23.1 Å². The summed E-state index contributed by atoms with van der Waals surface area (Å²) in [6.45, 7) is 0. The van der Waals surface area contributed by atoms with Crippen LogP contribution in [0.1, 0.15) is 10.5 Å². The van der Waals surface area contributed by atoms with E-state index in [0.29, 0.717) is 5.88 Å². The van der Waals surface area contributed by atoms with E-state index in [4.69, 9.17) is 9.47 Å². The zero-order valence-corrected chi connectivity index (χ0v) is 13.9. The number of carbonyl (C=O) groups is 1. The highest BCUT2D eigenvalue weighted by molar-refractivity contribution is 9.10. The predicted molar refractivity (Wildman–Crippen MR) is 84.3 cm³/mol. The second kappa shape index (κ2) is 7.42. The summed E-state index contributed by atoms with van der Waals surface area (Å²) >= 11 is 4.88. The molecule has 1 aromatic heterocycles. The molecule has 1 heterocycles. The Morgan fingerprint density at radius 3 is 2.71 bits per heavy atom. The molecule has 2 rings (SSSR count). The molecule has 21 heavy (non-hydrogen) atoms. The van der Waals surface area contributed by atoms with Crippen molar-refractivity contribution in [3.8, 4) is 11.8 Å². The average Bonchev–Trinajstić information content (AvgIpc) is 2.53. The van der Waals surface area contributed by atoms with Crippen molar-refractivity contribution in [1.82, 2.24) is 9.97 Å². The van der Waals surface area contributed by atoms with E-state index in [1.807, 2.05) is 24.3 Å². The van der Waals surface area contributed by atoms with Crippen LogP contribution in [0.2, 0.25) is 0 Å². The van der Waals surface area contributed by atoms with Crippen LogP contribution in [0, 0.1) is 0 Å². The Kier molecular flexibility index (Phi) is 5.58. The molecule has 110 valence electrons. The van der Waals surface area contributed by atoms with Crippen molar-refractivity contribution in [3.05, 3.63) is 40.6 Å². The smallest absolute Gasteiger partial charge is 0.246 e. The summed E-state index contributed by atoms with van der Waals surface area (Å²) in [5.41, 5.74) is 0.206. The van der Waals surface area contributed by atoms with Crippen molar-refractivity contribution in [3.63, 3.8) is 0 Å². The maximum atomic E-state index is 12.2. The van der Waals surface area contributed by atoms with Crippen LogP contribution < -0.4 is 9.47 Å². The Morgan fingerprint density at radius 1 is 1.29 bits per heavy atom. The van der Waals surface area contributed by atoms with Crippen LogP contribution >= 0.6 is 27.7 Å². The first-order chi connectivity index (χ1) is 10.2. The number of ether oxygens (including phenoxy) is 2. The third-order valence-electron chi connectivity index (χ3n) is 2.58. The molecule has 1 aromatic carbocycles. The van der Waals surface area contributed by atoms with Gasteiger partial charge in [-0.3, -0.25) is 4.79 Å². The number of carbonyl (C=O) groups excluding carboxylic acids is 1. The predicted octanol–water partition coefficient (Wildman–Crippen LogP) is 3.23. The molecule has 0 atom stereocenters. The lowest BCUT2D eigenvalue weighted by atomic mass is 10.3. The summed E-state index contributed by atoms with van der Waals surface area (Å²) < 4.78 is 11.0. The first-order valence-corrected chi connectivity index (χ1v) is 7.79. The van der Waals surface area contributed by atoms with Crippen LogP contribution in [0.4, 0.5) is 0 Å². The van der Waals surface area contributed by atoms with Crippen molar-refractivity contribution < 1.29 is 14.3 Å². The Hall–Kier alpha value is -1.60. The van der Waals surface area contributed by atoms with Crippen molar-refractivity contribution in [2.45, 2.75) is 4.90 Å². The number of benzene rings is 1. The third-order valence-corrected chi connectivity index (χ3v) is 4.61. The van der Waals surface area contributed by atoms with Crippen molar-refractivity contribution >= 4 is 33.5 Å². The number of halogens is 1. The van der Waals surface area contributed by atoms with Gasteiger partial charge in [-0.2, -0.15) is 4.98 Å². The molecule has 0 saturated heterocycles. The van der Waals surface area contributed by atoms with Crippen LogP contribution in [0.3, 0.4) is 0 Å². The fourth-order valence-corrected chi connectivity index (χ4v) is 2.99. The summed E-state index contributed by atoms with van der Waals surface area (Å²) in [7, 11) is 2.93. The standard InChI is InChI=1S/C14H13BrN2O3S/c1-19-12-7-16-13(14(17-12)20-2)10(18)8-21-11-6-4-3-5-9(11)15/h3-7H,8H2,1-2H3. The Balaban J connectivity index is 2.12. The van der Waals surface area contributed by atoms with Gasteiger partial charge in [0.15, 0.2) is 11.5 Å². The molecule has 0 bridgehead atoms. The monoisotopic (exact) mass is 368 g/mol. The number of nitrogens with zero attached hydrogens (tertiary/aromatic N) is 2. The van der Waals surface area contributed by atoms with Gasteiger partial charge in [0.05, 0.1) is 26.2 Å². The fourth-order valence-electron chi connectivity index (χ4n) is 1.56. The van der Waals surface area contributed by atoms with Crippen LogP contribution in [0.5, 0.6) is 11.8 Å². The molecule has 0 saturated carbocycles. The van der Waals surface area contributed by atoms with Crippen LogP contribution in [-0.4, -0.2) is 35.7 Å². The molecule has 0 spiro atoms. The molecule has 7 heteroatoms. The van der Waals surface area contributed by atoms with Crippen LogP contribution in [-0.2, 0) is 0 Å². The Morgan fingerprint density at radius 2 is 2.05 bits per heavy atom.